The van der Waals surface area contributed by atoms with Crippen LogP contribution in [0.3, 0.4) is 0 Å². The topological polar surface area (TPSA) is 64.3 Å². The van der Waals surface area contributed by atoms with Gasteiger partial charge in [-0.15, -0.1) is 0 Å². The van der Waals surface area contributed by atoms with Crippen molar-refractivity contribution in [1.29, 1.82) is 0 Å². The van der Waals surface area contributed by atoms with Crippen LogP contribution in [0.2, 0.25) is 13.3 Å². The van der Waals surface area contributed by atoms with Crippen molar-refractivity contribution in [2.24, 2.45) is 5.73 Å². The summed E-state index contributed by atoms with van der Waals surface area (Å²) in [5.74, 6) is 0. The van der Waals surface area contributed by atoms with Crippen molar-refractivity contribution in [3.8, 4) is 0 Å². The Hall–Kier alpha value is -0.231. The molecule has 0 atom stereocenters. The molecule has 0 aromatic carbocycles. The third kappa shape index (κ3) is 12.8. The van der Waals surface area contributed by atoms with Gasteiger partial charge in [-0.05, 0) is 20.8 Å². The van der Waals surface area contributed by atoms with Gasteiger partial charge in [0.1, 0.15) is 5.60 Å². The molecule has 0 unspecified atom stereocenters. The SMILES string of the molecule is CC(C)(C)OC(N)=O.CCC[CH2][Sn]([CH2]CCC)([CH2]CCC)[C]1=CCNCC1. The number of unbranched alkanes of at least 4 members (excludes halogenated alkanes) is 3. The molecule has 0 aromatic heterocycles. The molecule has 1 heterocycles. The predicted octanol–water partition coefficient (Wildman–Crippen LogP) is 6.17. The molecular weight excluding hydrogens is 443 g/mol. The van der Waals surface area contributed by atoms with Crippen molar-refractivity contribution in [1.82, 2.24) is 5.32 Å². The van der Waals surface area contributed by atoms with Crippen LogP contribution in [-0.2, 0) is 4.74 Å². The molecule has 0 fully saturated rings. The van der Waals surface area contributed by atoms with Gasteiger partial charge in [-0.1, -0.05) is 0 Å². The standard InChI is InChI=1S/C5H11NO2.C5H8N.3C4H9.Sn/c1-5(2,3)8-4(6)7;1-2-4-6-5-3-1;3*1-3-4-2;/h1-3H3,(H2,6,7);2,6H,3-5H2;3*1,3-4H2,2H3;. The molecule has 160 valence electrons. The molecule has 0 spiro atoms. The Bertz CT molecular complexity index is 409. The fourth-order valence-corrected chi connectivity index (χ4v) is 20.9. The molecule has 0 radical (unpaired) electrons. The molecule has 3 N–H and O–H groups in total. The van der Waals surface area contributed by atoms with Crippen LogP contribution in [0.25, 0.3) is 0 Å². The molecule has 1 aliphatic heterocycles. The second kappa shape index (κ2) is 14.7. The van der Waals surface area contributed by atoms with E-state index < -0.39 is 30.1 Å². The molecule has 1 amide bonds. The summed E-state index contributed by atoms with van der Waals surface area (Å²) in [6.07, 6.45) is 11.9. The molecule has 1 rings (SSSR count). The summed E-state index contributed by atoms with van der Waals surface area (Å²) in [5.41, 5.74) is 4.26. The Kier molecular flexibility index (Phi) is 14.6. The van der Waals surface area contributed by atoms with Gasteiger partial charge in [0.05, 0.1) is 0 Å². The zero-order valence-corrected chi connectivity index (χ0v) is 21.8. The first-order valence-corrected chi connectivity index (χ1v) is 18.6. The number of primary amides is 1. The van der Waals surface area contributed by atoms with E-state index in [1.54, 1.807) is 34.1 Å². The van der Waals surface area contributed by atoms with Crippen molar-refractivity contribution >= 4 is 24.5 Å². The van der Waals surface area contributed by atoms with Crippen molar-refractivity contribution in [3.05, 3.63) is 9.67 Å². The van der Waals surface area contributed by atoms with Gasteiger partial charge in [-0.2, -0.15) is 0 Å². The molecule has 0 aromatic rings. The van der Waals surface area contributed by atoms with E-state index in [9.17, 15) is 4.79 Å². The number of hydrogen-bond acceptors (Lipinski definition) is 3. The third-order valence-electron chi connectivity index (χ3n) is 5.18. The van der Waals surface area contributed by atoms with Gasteiger partial charge in [0.15, 0.2) is 0 Å². The maximum absolute atomic E-state index is 10.0. The fraction of sp³-hybridized carbons (Fsp3) is 0.864. The minimum absolute atomic E-state index is 0.453. The first kappa shape index (κ1) is 26.8. The molecule has 4 nitrogen and oxygen atoms in total. The zero-order chi connectivity index (χ0) is 20.8. The molecule has 0 bridgehead atoms. The van der Waals surface area contributed by atoms with Gasteiger partial charge in [-0.3, -0.25) is 0 Å². The molecule has 27 heavy (non-hydrogen) atoms. The van der Waals surface area contributed by atoms with E-state index >= 15 is 0 Å². The average molecular weight is 489 g/mol. The van der Waals surface area contributed by atoms with Crippen LogP contribution >= 0.6 is 0 Å². The van der Waals surface area contributed by atoms with Gasteiger partial charge in [-0.25, -0.2) is 4.79 Å². The second-order valence-corrected chi connectivity index (χ2v) is 22.2. The average Bonchev–Trinajstić information content (AvgIpc) is 2.61. The van der Waals surface area contributed by atoms with E-state index in [1.807, 2.05) is 3.59 Å². The Morgan fingerprint density at radius 3 is 1.81 bits per heavy atom. The third-order valence-corrected chi connectivity index (χ3v) is 21.6. The summed E-state index contributed by atoms with van der Waals surface area (Å²) in [6.45, 7) is 14.8. The molecule has 0 saturated carbocycles. The van der Waals surface area contributed by atoms with Gasteiger partial charge >= 0.3 is 132 Å². The number of nitrogens with one attached hydrogen (secondary N) is 1. The van der Waals surface area contributed by atoms with Crippen molar-refractivity contribution < 1.29 is 9.53 Å². The van der Waals surface area contributed by atoms with Crippen LogP contribution in [0.5, 0.6) is 0 Å². The fourth-order valence-electron chi connectivity index (χ4n) is 3.81. The van der Waals surface area contributed by atoms with Gasteiger partial charge in [0.2, 0.25) is 0 Å². The number of hydrogen-bond donors (Lipinski definition) is 2. The number of ether oxygens (including phenoxy) is 1. The predicted molar refractivity (Wildman–Crippen MR) is 121 cm³/mol. The normalized spacial score (nSPS) is 14.8. The summed E-state index contributed by atoms with van der Waals surface area (Å²) in [6, 6.07) is 0. The van der Waals surface area contributed by atoms with Crippen molar-refractivity contribution in [2.75, 3.05) is 13.1 Å². The Morgan fingerprint density at radius 2 is 1.56 bits per heavy atom. The van der Waals surface area contributed by atoms with Crippen LogP contribution in [0.4, 0.5) is 4.79 Å². The van der Waals surface area contributed by atoms with Crippen molar-refractivity contribution in [2.45, 2.75) is 105 Å². The number of carbonyl (C=O) groups excluding carboxylic acids is 1. The van der Waals surface area contributed by atoms with Crippen LogP contribution in [0.15, 0.2) is 9.67 Å². The van der Waals surface area contributed by atoms with Gasteiger partial charge in [0, 0.05) is 0 Å². The number of nitrogens with two attached hydrogens (primary N) is 1. The second-order valence-electron chi connectivity index (χ2n) is 8.81. The minimum atomic E-state index is -2.00. The summed E-state index contributed by atoms with van der Waals surface area (Å²) < 4.78 is 11.5. The quantitative estimate of drug-likeness (QED) is 0.361. The van der Waals surface area contributed by atoms with Gasteiger partial charge < -0.3 is 10.5 Å². The number of carbonyl (C=O) groups is 1. The first-order valence-electron chi connectivity index (χ1n) is 11.1. The molecule has 0 saturated heterocycles. The van der Waals surface area contributed by atoms with Gasteiger partial charge in [0.25, 0.3) is 0 Å². The number of rotatable bonds is 10. The van der Waals surface area contributed by atoms with E-state index in [1.165, 1.54) is 51.5 Å². The van der Waals surface area contributed by atoms with Crippen LogP contribution in [-0.4, -0.2) is 43.2 Å². The first-order chi connectivity index (χ1) is 12.7. The van der Waals surface area contributed by atoms with E-state index in [0.29, 0.717) is 0 Å². The number of amides is 1. The Morgan fingerprint density at radius 1 is 1.07 bits per heavy atom. The summed E-state index contributed by atoms with van der Waals surface area (Å²) >= 11 is -2.00. The van der Waals surface area contributed by atoms with Crippen molar-refractivity contribution in [3.63, 3.8) is 0 Å². The zero-order valence-electron chi connectivity index (χ0n) is 19.0. The monoisotopic (exact) mass is 490 g/mol. The van der Waals surface area contributed by atoms with E-state index in [4.69, 9.17) is 5.73 Å². The van der Waals surface area contributed by atoms with E-state index in [0.717, 1.165) is 6.54 Å². The summed E-state index contributed by atoms with van der Waals surface area (Å²) in [5, 5.41) is 3.51. The van der Waals surface area contributed by atoms with Crippen LogP contribution in [0.1, 0.15) is 86.5 Å². The summed E-state index contributed by atoms with van der Waals surface area (Å²) in [4.78, 5) is 10.0. The van der Waals surface area contributed by atoms with E-state index in [-0.39, 0.29) is 0 Å². The molecule has 0 aliphatic carbocycles. The molecular formula is C22H46N2O2Sn. The molecule has 1 aliphatic rings. The van der Waals surface area contributed by atoms with Crippen LogP contribution < -0.4 is 11.1 Å². The summed E-state index contributed by atoms with van der Waals surface area (Å²) in [7, 11) is 0. The Labute approximate surface area is 172 Å². The Balaban J connectivity index is 0.000000713. The van der Waals surface area contributed by atoms with E-state index in [2.05, 4.69) is 36.9 Å². The molecule has 5 heteroatoms. The van der Waals surface area contributed by atoms with Crippen LogP contribution in [0, 0.1) is 0 Å². The maximum atomic E-state index is 10.0.